The Morgan fingerprint density at radius 2 is 1.39 bits per heavy atom. The maximum atomic E-state index is 12.1. The summed E-state index contributed by atoms with van der Waals surface area (Å²) in [4.78, 5) is 33.5. The van der Waals surface area contributed by atoms with Gasteiger partial charge >= 0.3 is 19.8 Å². The maximum Gasteiger partial charge on any atom is 0.472 e. The molecule has 1 unspecified atom stereocenters. The molecule has 0 radical (unpaired) electrons. The van der Waals surface area contributed by atoms with Crippen molar-refractivity contribution in [3.05, 3.63) is 0 Å². The Kier molecular flexibility index (Phi) is 17.9. The van der Waals surface area contributed by atoms with Crippen LogP contribution in [0, 0.1) is 0 Å². The standard InChI is InChI=1S/C20H39O10P/c1-3-5-7-8-10-12-20(24)30-18(15-27-19(23)11-9-6-4-2)16-29-31(25,26)28-14-17(22)13-21/h17-18,21-22H,3-16H2,1-2H3,(H,25,26)/t17-,18+/m0/s1. The fraction of sp³-hybridized carbons (Fsp3) is 0.900. The summed E-state index contributed by atoms with van der Waals surface area (Å²) in [6, 6.07) is 0. The molecule has 0 saturated heterocycles. The zero-order chi connectivity index (χ0) is 23.5. The highest BCUT2D eigenvalue weighted by molar-refractivity contribution is 7.47. The molecule has 0 aromatic heterocycles. The topological polar surface area (TPSA) is 149 Å². The van der Waals surface area contributed by atoms with Crippen molar-refractivity contribution in [2.24, 2.45) is 0 Å². The van der Waals surface area contributed by atoms with Gasteiger partial charge in [0.25, 0.3) is 0 Å². The van der Waals surface area contributed by atoms with Gasteiger partial charge in [0.1, 0.15) is 12.7 Å². The van der Waals surface area contributed by atoms with Crippen molar-refractivity contribution < 1.29 is 47.8 Å². The van der Waals surface area contributed by atoms with Crippen molar-refractivity contribution in [1.29, 1.82) is 0 Å². The van der Waals surface area contributed by atoms with Crippen molar-refractivity contribution in [1.82, 2.24) is 0 Å². The Hall–Kier alpha value is -1.03. The van der Waals surface area contributed by atoms with Crippen LogP contribution in [0.15, 0.2) is 0 Å². The molecule has 3 N–H and O–H groups in total. The van der Waals surface area contributed by atoms with Gasteiger partial charge < -0.3 is 24.6 Å². The molecule has 11 heteroatoms. The van der Waals surface area contributed by atoms with E-state index in [2.05, 4.69) is 11.4 Å². The first-order valence-corrected chi connectivity index (χ1v) is 12.5. The first kappa shape index (κ1) is 30.0. The Labute approximate surface area is 184 Å². The number of hydrogen-bond acceptors (Lipinski definition) is 9. The molecule has 0 bridgehead atoms. The molecule has 0 heterocycles. The lowest BCUT2D eigenvalue weighted by molar-refractivity contribution is -0.161. The lowest BCUT2D eigenvalue weighted by atomic mass is 10.1. The Balaban J connectivity index is 4.61. The molecule has 0 aromatic rings. The summed E-state index contributed by atoms with van der Waals surface area (Å²) >= 11 is 0. The third-order valence-electron chi connectivity index (χ3n) is 4.26. The summed E-state index contributed by atoms with van der Waals surface area (Å²) in [5, 5.41) is 17.9. The fourth-order valence-electron chi connectivity index (χ4n) is 2.46. The number of unbranched alkanes of at least 4 members (excludes halogenated alkanes) is 6. The zero-order valence-electron chi connectivity index (χ0n) is 18.7. The molecule has 0 spiro atoms. The van der Waals surface area contributed by atoms with Gasteiger partial charge in [-0.2, -0.15) is 0 Å². The molecule has 0 aromatic carbocycles. The zero-order valence-corrected chi connectivity index (χ0v) is 19.6. The molecule has 10 nitrogen and oxygen atoms in total. The Morgan fingerprint density at radius 3 is 2.03 bits per heavy atom. The van der Waals surface area contributed by atoms with Crippen LogP contribution in [-0.2, 0) is 32.7 Å². The number of aliphatic hydroxyl groups is 2. The number of phosphoric ester groups is 1. The number of carbonyl (C=O) groups is 2. The molecule has 3 atom stereocenters. The SMILES string of the molecule is CCCCCCCC(=O)O[C@H](COC(=O)CCCCC)COP(=O)(O)OC[C@@H](O)CO. The minimum absolute atomic E-state index is 0.181. The third-order valence-corrected chi connectivity index (χ3v) is 5.21. The number of ether oxygens (including phenoxy) is 2. The first-order valence-electron chi connectivity index (χ1n) is 11.0. The van der Waals surface area contributed by atoms with Crippen LogP contribution in [0.25, 0.3) is 0 Å². The second-order valence-electron chi connectivity index (χ2n) is 7.31. The number of esters is 2. The van der Waals surface area contributed by atoms with E-state index in [0.717, 1.165) is 38.5 Å². The Morgan fingerprint density at radius 1 is 0.839 bits per heavy atom. The predicted molar refractivity (Wildman–Crippen MR) is 113 cm³/mol. The fourth-order valence-corrected chi connectivity index (χ4v) is 3.25. The van der Waals surface area contributed by atoms with E-state index < -0.39 is 51.8 Å². The van der Waals surface area contributed by atoms with Crippen molar-refractivity contribution >= 4 is 19.8 Å². The first-order chi connectivity index (χ1) is 14.7. The van der Waals surface area contributed by atoms with Gasteiger partial charge in [-0.15, -0.1) is 0 Å². The van der Waals surface area contributed by atoms with Gasteiger partial charge in [0.15, 0.2) is 6.10 Å². The van der Waals surface area contributed by atoms with Crippen LogP contribution in [0.2, 0.25) is 0 Å². The van der Waals surface area contributed by atoms with Crippen LogP contribution in [0.1, 0.15) is 78.1 Å². The highest BCUT2D eigenvalue weighted by atomic mass is 31.2. The molecular formula is C20H39O10P. The van der Waals surface area contributed by atoms with Crippen LogP contribution < -0.4 is 0 Å². The largest absolute Gasteiger partial charge is 0.472 e. The smallest absolute Gasteiger partial charge is 0.462 e. The normalized spacial score (nSPS) is 15.1. The molecule has 184 valence electrons. The highest BCUT2D eigenvalue weighted by Crippen LogP contribution is 2.43. The van der Waals surface area contributed by atoms with Crippen LogP contribution in [0.4, 0.5) is 0 Å². The summed E-state index contributed by atoms with van der Waals surface area (Å²) < 4.78 is 31.6. The van der Waals surface area contributed by atoms with Crippen molar-refractivity contribution in [2.45, 2.75) is 90.3 Å². The van der Waals surface area contributed by atoms with E-state index in [4.69, 9.17) is 19.1 Å². The summed E-state index contributed by atoms with van der Waals surface area (Å²) in [7, 11) is -4.56. The molecule has 0 aliphatic rings. The molecule has 0 saturated carbocycles. The molecule has 0 rings (SSSR count). The van der Waals surface area contributed by atoms with Crippen LogP contribution in [-0.4, -0.2) is 65.7 Å². The average molecular weight is 470 g/mol. The molecular weight excluding hydrogens is 431 g/mol. The predicted octanol–water partition coefficient (Wildman–Crippen LogP) is 2.87. The summed E-state index contributed by atoms with van der Waals surface area (Å²) in [6.45, 7) is 2.00. The Bertz CT molecular complexity index is 528. The number of phosphoric acid groups is 1. The van der Waals surface area contributed by atoms with E-state index in [9.17, 15) is 24.2 Å². The molecule has 0 aliphatic carbocycles. The van der Waals surface area contributed by atoms with E-state index in [-0.39, 0.29) is 19.4 Å². The van der Waals surface area contributed by atoms with Gasteiger partial charge in [-0.3, -0.25) is 18.6 Å². The molecule has 0 fully saturated rings. The van der Waals surface area contributed by atoms with E-state index >= 15 is 0 Å². The van der Waals surface area contributed by atoms with Gasteiger partial charge in [-0.1, -0.05) is 52.4 Å². The average Bonchev–Trinajstić information content (AvgIpc) is 2.74. The van der Waals surface area contributed by atoms with Gasteiger partial charge in [0, 0.05) is 12.8 Å². The van der Waals surface area contributed by atoms with Crippen LogP contribution in [0.5, 0.6) is 0 Å². The van der Waals surface area contributed by atoms with Gasteiger partial charge in [0.05, 0.1) is 19.8 Å². The second-order valence-corrected chi connectivity index (χ2v) is 8.77. The van der Waals surface area contributed by atoms with Crippen LogP contribution in [0.3, 0.4) is 0 Å². The van der Waals surface area contributed by atoms with E-state index in [1.54, 1.807) is 0 Å². The van der Waals surface area contributed by atoms with Gasteiger partial charge in [-0.05, 0) is 12.8 Å². The summed E-state index contributed by atoms with van der Waals surface area (Å²) in [5.74, 6) is -0.972. The van der Waals surface area contributed by atoms with Crippen molar-refractivity contribution in [3.63, 3.8) is 0 Å². The molecule has 0 aliphatic heterocycles. The monoisotopic (exact) mass is 470 g/mol. The highest BCUT2D eigenvalue weighted by Gasteiger charge is 2.27. The van der Waals surface area contributed by atoms with E-state index in [1.807, 2.05) is 6.92 Å². The molecule has 0 amide bonds. The number of hydrogen-bond donors (Lipinski definition) is 3. The van der Waals surface area contributed by atoms with Crippen LogP contribution >= 0.6 is 7.82 Å². The second kappa shape index (κ2) is 18.5. The number of aliphatic hydroxyl groups excluding tert-OH is 2. The van der Waals surface area contributed by atoms with Gasteiger partial charge in [0.2, 0.25) is 0 Å². The quantitative estimate of drug-likeness (QED) is 0.138. The maximum absolute atomic E-state index is 12.1. The van der Waals surface area contributed by atoms with E-state index in [0.29, 0.717) is 12.8 Å². The third kappa shape index (κ3) is 18.3. The summed E-state index contributed by atoms with van der Waals surface area (Å²) in [6.07, 6.45) is 5.27. The number of rotatable bonds is 20. The van der Waals surface area contributed by atoms with Gasteiger partial charge in [-0.25, -0.2) is 4.57 Å². The minimum Gasteiger partial charge on any atom is -0.462 e. The van der Waals surface area contributed by atoms with E-state index in [1.165, 1.54) is 0 Å². The summed E-state index contributed by atoms with van der Waals surface area (Å²) in [5.41, 5.74) is 0. The van der Waals surface area contributed by atoms with Crippen molar-refractivity contribution in [3.8, 4) is 0 Å². The lowest BCUT2D eigenvalue weighted by Crippen LogP contribution is -2.29. The molecule has 31 heavy (non-hydrogen) atoms. The lowest BCUT2D eigenvalue weighted by Gasteiger charge is -2.20. The minimum atomic E-state index is -4.56. The number of carbonyl (C=O) groups excluding carboxylic acids is 2. The van der Waals surface area contributed by atoms with Crippen molar-refractivity contribution in [2.75, 3.05) is 26.4 Å².